The third-order valence-electron chi connectivity index (χ3n) is 3.63. The maximum atomic E-state index is 5.96. The van der Waals surface area contributed by atoms with Gasteiger partial charge in [-0.25, -0.2) is 4.98 Å². The molecular weight excluding hydrogens is 214 g/mol. The summed E-state index contributed by atoms with van der Waals surface area (Å²) in [6.45, 7) is 8.19. The van der Waals surface area contributed by atoms with Crippen LogP contribution in [0.5, 0.6) is 0 Å². The van der Waals surface area contributed by atoms with E-state index in [1.54, 1.807) is 0 Å². The fraction of sp³-hybridized carbons (Fsp3) is 0.750. The fourth-order valence-electron chi connectivity index (χ4n) is 2.46. The minimum Gasteiger partial charge on any atom is -0.333 e. The Bertz CT molecular complexity index is 340. The van der Waals surface area contributed by atoms with E-state index in [1.807, 2.05) is 12.5 Å². The van der Waals surface area contributed by atoms with Crippen LogP contribution in [0.4, 0.5) is 0 Å². The highest BCUT2D eigenvalue weighted by Crippen LogP contribution is 2.20. The fourth-order valence-corrected chi connectivity index (χ4v) is 2.46. The average Bonchev–Trinajstić information content (AvgIpc) is 2.81. The van der Waals surface area contributed by atoms with E-state index in [0.717, 1.165) is 32.7 Å². The van der Waals surface area contributed by atoms with Crippen LogP contribution in [-0.4, -0.2) is 59.1 Å². The Morgan fingerprint density at radius 3 is 2.65 bits per heavy atom. The van der Waals surface area contributed by atoms with Crippen LogP contribution in [0.2, 0.25) is 0 Å². The zero-order valence-corrected chi connectivity index (χ0v) is 10.8. The molecule has 1 aliphatic heterocycles. The van der Waals surface area contributed by atoms with Gasteiger partial charge in [0, 0.05) is 45.5 Å². The van der Waals surface area contributed by atoms with E-state index in [2.05, 4.69) is 33.3 Å². The Morgan fingerprint density at radius 1 is 1.35 bits per heavy atom. The van der Waals surface area contributed by atoms with Gasteiger partial charge in [0.2, 0.25) is 0 Å². The number of hydrogen-bond acceptors (Lipinski definition) is 4. The molecule has 96 valence electrons. The molecule has 1 atom stereocenters. The lowest BCUT2D eigenvalue weighted by atomic mass is 10.1. The molecule has 0 aromatic carbocycles. The Kier molecular flexibility index (Phi) is 4.15. The summed E-state index contributed by atoms with van der Waals surface area (Å²) in [5, 5.41) is 0. The molecule has 5 heteroatoms. The van der Waals surface area contributed by atoms with Gasteiger partial charge in [0.05, 0.1) is 18.1 Å². The summed E-state index contributed by atoms with van der Waals surface area (Å²) in [5.74, 6) is 0. The Balaban J connectivity index is 2.10. The van der Waals surface area contributed by atoms with Gasteiger partial charge in [-0.3, -0.25) is 4.90 Å². The van der Waals surface area contributed by atoms with E-state index in [1.165, 1.54) is 5.69 Å². The molecule has 2 N–H and O–H groups in total. The van der Waals surface area contributed by atoms with Crippen LogP contribution >= 0.6 is 0 Å². The highest BCUT2D eigenvalue weighted by atomic mass is 15.3. The number of rotatable bonds is 4. The standard InChI is InChI=1S/C12H23N5/c1-3-16-10-14-9-12(16)11(8-13)17-6-4-15(2)5-7-17/h9-11H,3-8,13H2,1-2H3. The number of aryl methyl sites for hydroxylation is 1. The molecular formula is C12H23N5. The number of likely N-dealkylation sites (N-methyl/N-ethyl adjacent to an activating group) is 1. The number of hydrogen-bond donors (Lipinski definition) is 1. The summed E-state index contributed by atoms with van der Waals surface area (Å²) < 4.78 is 2.19. The van der Waals surface area contributed by atoms with Gasteiger partial charge < -0.3 is 15.2 Å². The second-order valence-corrected chi connectivity index (χ2v) is 4.70. The lowest BCUT2D eigenvalue weighted by molar-refractivity contribution is 0.111. The zero-order chi connectivity index (χ0) is 12.3. The Morgan fingerprint density at radius 2 is 2.06 bits per heavy atom. The summed E-state index contributed by atoms with van der Waals surface area (Å²) in [5.41, 5.74) is 7.21. The summed E-state index contributed by atoms with van der Waals surface area (Å²) >= 11 is 0. The molecule has 2 rings (SSSR count). The van der Waals surface area contributed by atoms with Gasteiger partial charge in [0.1, 0.15) is 0 Å². The van der Waals surface area contributed by atoms with Gasteiger partial charge in [0.25, 0.3) is 0 Å². The van der Waals surface area contributed by atoms with Gasteiger partial charge in [-0.1, -0.05) is 0 Å². The van der Waals surface area contributed by atoms with Crippen molar-refractivity contribution in [3.8, 4) is 0 Å². The summed E-state index contributed by atoms with van der Waals surface area (Å²) in [6.07, 6.45) is 3.85. The molecule has 0 saturated carbocycles. The predicted octanol–water partition coefficient (Wildman–Crippen LogP) is 0.150. The molecule has 2 heterocycles. The van der Waals surface area contributed by atoms with Crippen molar-refractivity contribution in [2.45, 2.75) is 19.5 Å². The first-order chi connectivity index (χ1) is 8.26. The molecule has 0 aliphatic carbocycles. The van der Waals surface area contributed by atoms with Crippen molar-refractivity contribution in [1.82, 2.24) is 19.4 Å². The first kappa shape index (κ1) is 12.5. The van der Waals surface area contributed by atoms with E-state index < -0.39 is 0 Å². The molecule has 1 fully saturated rings. The van der Waals surface area contributed by atoms with Crippen molar-refractivity contribution in [2.24, 2.45) is 5.73 Å². The monoisotopic (exact) mass is 237 g/mol. The van der Waals surface area contributed by atoms with Crippen molar-refractivity contribution < 1.29 is 0 Å². The smallest absolute Gasteiger partial charge is 0.0948 e. The van der Waals surface area contributed by atoms with Crippen LogP contribution in [0.1, 0.15) is 18.7 Å². The van der Waals surface area contributed by atoms with Gasteiger partial charge in [-0.05, 0) is 14.0 Å². The second-order valence-electron chi connectivity index (χ2n) is 4.70. The number of piperazine rings is 1. The normalized spacial score (nSPS) is 20.6. The van der Waals surface area contributed by atoms with Crippen LogP contribution in [0.15, 0.2) is 12.5 Å². The van der Waals surface area contributed by atoms with Crippen molar-refractivity contribution in [3.63, 3.8) is 0 Å². The molecule has 5 nitrogen and oxygen atoms in total. The van der Waals surface area contributed by atoms with Gasteiger partial charge >= 0.3 is 0 Å². The molecule has 1 saturated heterocycles. The van der Waals surface area contributed by atoms with Gasteiger partial charge in [-0.2, -0.15) is 0 Å². The van der Waals surface area contributed by atoms with E-state index >= 15 is 0 Å². The predicted molar refractivity (Wildman–Crippen MR) is 68.8 cm³/mol. The minimum absolute atomic E-state index is 0.311. The molecule has 1 aromatic heterocycles. The van der Waals surface area contributed by atoms with E-state index in [-0.39, 0.29) is 0 Å². The molecule has 0 bridgehead atoms. The first-order valence-corrected chi connectivity index (χ1v) is 6.39. The lowest BCUT2D eigenvalue weighted by Crippen LogP contribution is -2.47. The minimum atomic E-state index is 0.311. The summed E-state index contributed by atoms with van der Waals surface area (Å²) in [4.78, 5) is 9.08. The van der Waals surface area contributed by atoms with Gasteiger partial charge in [-0.15, -0.1) is 0 Å². The number of nitrogens with zero attached hydrogens (tertiary/aromatic N) is 4. The molecule has 0 radical (unpaired) electrons. The third-order valence-corrected chi connectivity index (χ3v) is 3.63. The molecule has 0 amide bonds. The van der Waals surface area contributed by atoms with Gasteiger partial charge in [0.15, 0.2) is 0 Å². The van der Waals surface area contributed by atoms with Crippen molar-refractivity contribution in [3.05, 3.63) is 18.2 Å². The van der Waals surface area contributed by atoms with Crippen LogP contribution in [0, 0.1) is 0 Å². The summed E-state index contributed by atoms with van der Waals surface area (Å²) in [7, 11) is 2.17. The lowest BCUT2D eigenvalue weighted by Gasteiger charge is -2.37. The molecule has 17 heavy (non-hydrogen) atoms. The van der Waals surface area contributed by atoms with Crippen LogP contribution < -0.4 is 5.73 Å². The molecule has 1 aliphatic rings. The maximum Gasteiger partial charge on any atom is 0.0948 e. The average molecular weight is 237 g/mol. The van der Waals surface area contributed by atoms with Crippen molar-refractivity contribution in [2.75, 3.05) is 39.8 Å². The second kappa shape index (κ2) is 5.62. The first-order valence-electron chi connectivity index (χ1n) is 6.39. The topological polar surface area (TPSA) is 50.3 Å². The molecule has 0 spiro atoms. The molecule has 1 unspecified atom stereocenters. The number of nitrogens with two attached hydrogens (primary N) is 1. The highest BCUT2D eigenvalue weighted by Gasteiger charge is 2.24. The largest absolute Gasteiger partial charge is 0.333 e. The van der Waals surface area contributed by atoms with E-state index in [0.29, 0.717) is 12.6 Å². The van der Waals surface area contributed by atoms with Crippen LogP contribution in [-0.2, 0) is 6.54 Å². The van der Waals surface area contributed by atoms with Crippen molar-refractivity contribution in [1.29, 1.82) is 0 Å². The maximum absolute atomic E-state index is 5.96. The number of aromatic nitrogens is 2. The van der Waals surface area contributed by atoms with E-state index in [9.17, 15) is 0 Å². The quantitative estimate of drug-likeness (QED) is 0.810. The van der Waals surface area contributed by atoms with Crippen LogP contribution in [0.25, 0.3) is 0 Å². The SMILES string of the molecule is CCn1cncc1C(CN)N1CCN(C)CC1. The molecule has 1 aromatic rings. The van der Waals surface area contributed by atoms with E-state index in [4.69, 9.17) is 5.73 Å². The van der Waals surface area contributed by atoms with Crippen LogP contribution in [0.3, 0.4) is 0 Å². The Hall–Kier alpha value is -0.910. The Labute approximate surface area is 103 Å². The van der Waals surface area contributed by atoms with Crippen molar-refractivity contribution >= 4 is 0 Å². The zero-order valence-electron chi connectivity index (χ0n) is 10.8. The highest BCUT2D eigenvalue weighted by molar-refractivity contribution is 5.07. The summed E-state index contributed by atoms with van der Waals surface area (Å²) in [6, 6.07) is 0.311. The number of imidazole rings is 1. The third kappa shape index (κ3) is 2.68.